The molecule has 1 aromatic heterocycles. The van der Waals surface area contributed by atoms with Crippen molar-refractivity contribution < 1.29 is 5.11 Å². The Morgan fingerprint density at radius 1 is 1.40 bits per heavy atom. The number of phenols is 1. The average molecular weight is 205 g/mol. The molecule has 4 nitrogen and oxygen atoms in total. The number of nitrogens with zero attached hydrogens (tertiary/aromatic N) is 3. The Hall–Kier alpha value is -1.55. The molecule has 0 aliphatic heterocycles. The summed E-state index contributed by atoms with van der Waals surface area (Å²) < 4.78 is 1.84. The molecule has 80 valence electrons. The maximum Gasteiger partial charge on any atom is 0.141 e. The molecular formula is C11H15N3O. The van der Waals surface area contributed by atoms with Gasteiger partial charge in [-0.15, -0.1) is 0 Å². The second-order valence-electron chi connectivity index (χ2n) is 3.89. The summed E-state index contributed by atoms with van der Waals surface area (Å²) in [5.41, 5.74) is 0.819. The highest BCUT2D eigenvalue weighted by Gasteiger charge is 2.06. The van der Waals surface area contributed by atoms with Crippen LogP contribution in [-0.4, -0.2) is 40.4 Å². The number of aromatic hydroxyl groups is 1. The van der Waals surface area contributed by atoms with Crippen molar-refractivity contribution in [2.24, 2.45) is 0 Å². The van der Waals surface area contributed by atoms with Gasteiger partial charge in [0.05, 0.1) is 12.7 Å². The number of fused-ring (bicyclic) bond motifs is 1. The SMILES string of the molecule is CN(C)CCn1ncc2cccc(O)c21. The summed E-state index contributed by atoms with van der Waals surface area (Å²) in [5, 5.41) is 15.0. The van der Waals surface area contributed by atoms with Gasteiger partial charge in [0.15, 0.2) is 0 Å². The first-order valence-electron chi connectivity index (χ1n) is 4.96. The van der Waals surface area contributed by atoms with E-state index in [1.54, 1.807) is 12.3 Å². The van der Waals surface area contributed by atoms with Crippen molar-refractivity contribution in [2.45, 2.75) is 6.54 Å². The van der Waals surface area contributed by atoms with Crippen LogP contribution in [0, 0.1) is 0 Å². The van der Waals surface area contributed by atoms with Gasteiger partial charge in [0.1, 0.15) is 11.3 Å². The molecule has 0 saturated heterocycles. The smallest absolute Gasteiger partial charge is 0.141 e. The monoisotopic (exact) mass is 205 g/mol. The number of rotatable bonds is 3. The van der Waals surface area contributed by atoms with E-state index in [4.69, 9.17) is 0 Å². The molecule has 15 heavy (non-hydrogen) atoms. The Bertz CT molecular complexity index is 462. The minimum atomic E-state index is 0.295. The number of phenolic OH excluding ortho intramolecular Hbond substituents is 1. The van der Waals surface area contributed by atoms with Crippen LogP contribution in [0.3, 0.4) is 0 Å². The predicted octanol–water partition coefficient (Wildman–Crippen LogP) is 1.30. The van der Waals surface area contributed by atoms with Gasteiger partial charge in [-0.05, 0) is 20.2 Å². The Balaban J connectivity index is 2.35. The van der Waals surface area contributed by atoms with Crippen molar-refractivity contribution in [3.05, 3.63) is 24.4 Å². The third-order valence-electron chi connectivity index (χ3n) is 2.40. The van der Waals surface area contributed by atoms with Crippen LogP contribution in [0.2, 0.25) is 0 Å². The van der Waals surface area contributed by atoms with E-state index in [0.29, 0.717) is 5.75 Å². The van der Waals surface area contributed by atoms with Crippen LogP contribution in [0.25, 0.3) is 10.9 Å². The molecule has 0 spiro atoms. The van der Waals surface area contributed by atoms with Crippen LogP contribution in [0.5, 0.6) is 5.75 Å². The summed E-state index contributed by atoms with van der Waals surface area (Å²) in [6.07, 6.45) is 1.78. The Morgan fingerprint density at radius 3 is 2.93 bits per heavy atom. The van der Waals surface area contributed by atoms with Gasteiger partial charge in [-0.25, -0.2) is 0 Å². The predicted molar refractivity (Wildman–Crippen MR) is 60.0 cm³/mol. The van der Waals surface area contributed by atoms with Crippen molar-refractivity contribution in [3.63, 3.8) is 0 Å². The summed E-state index contributed by atoms with van der Waals surface area (Å²) in [6, 6.07) is 5.47. The minimum absolute atomic E-state index is 0.295. The summed E-state index contributed by atoms with van der Waals surface area (Å²) in [7, 11) is 4.04. The lowest BCUT2D eigenvalue weighted by atomic mass is 10.2. The molecule has 0 unspecified atom stereocenters. The summed E-state index contributed by atoms with van der Waals surface area (Å²) in [6.45, 7) is 1.69. The van der Waals surface area contributed by atoms with E-state index in [9.17, 15) is 5.11 Å². The molecule has 1 N–H and O–H groups in total. The largest absolute Gasteiger partial charge is 0.506 e. The molecule has 0 aliphatic rings. The topological polar surface area (TPSA) is 41.3 Å². The van der Waals surface area contributed by atoms with Gasteiger partial charge >= 0.3 is 0 Å². The molecule has 0 amide bonds. The molecule has 4 heteroatoms. The first kappa shape index (κ1) is 9.98. The highest BCUT2D eigenvalue weighted by Crippen LogP contribution is 2.23. The van der Waals surface area contributed by atoms with Crippen LogP contribution in [-0.2, 0) is 6.54 Å². The molecule has 0 bridgehead atoms. The van der Waals surface area contributed by atoms with Crippen LogP contribution in [0.1, 0.15) is 0 Å². The maximum atomic E-state index is 9.73. The van der Waals surface area contributed by atoms with Gasteiger partial charge < -0.3 is 10.0 Å². The molecule has 2 aromatic rings. The fourth-order valence-electron chi connectivity index (χ4n) is 1.59. The summed E-state index contributed by atoms with van der Waals surface area (Å²) in [5.74, 6) is 0.295. The zero-order chi connectivity index (χ0) is 10.8. The van der Waals surface area contributed by atoms with Crippen molar-refractivity contribution >= 4 is 10.9 Å². The lowest BCUT2D eigenvalue weighted by molar-refractivity contribution is 0.375. The second kappa shape index (κ2) is 3.90. The molecule has 1 heterocycles. The Labute approximate surface area is 88.7 Å². The number of hydrogen-bond acceptors (Lipinski definition) is 3. The standard InChI is InChI=1S/C11H15N3O/c1-13(2)6-7-14-11-9(8-12-14)4-3-5-10(11)15/h3-5,8,15H,6-7H2,1-2H3. The highest BCUT2D eigenvalue weighted by molar-refractivity contribution is 5.84. The Kier molecular flexibility index (Phi) is 2.60. The van der Waals surface area contributed by atoms with E-state index >= 15 is 0 Å². The number of para-hydroxylation sites is 1. The normalized spacial score (nSPS) is 11.4. The minimum Gasteiger partial charge on any atom is -0.506 e. The zero-order valence-electron chi connectivity index (χ0n) is 9.01. The van der Waals surface area contributed by atoms with E-state index < -0.39 is 0 Å². The van der Waals surface area contributed by atoms with Crippen molar-refractivity contribution in [1.29, 1.82) is 0 Å². The van der Waals surface area contributed by atoms with E-state index in [-0.39, 0.29) is 0 Å². The maximum absolute atomic E-state index is 9.73. The van der Waals surface area contributed by atoms with E-state index in [1.165, 1.54) is 0 Å². The first-order chi connectivity index (χ1) is 7.18. The van der Waals surface area contributed by atoms with Gasteiger partial charge in [-0.3, -0.25) is 4.68 Å². The van der Waals surface area contributed by atoms with Crippen LogP contribution >= 0.6 is 0 Å². The molecule has 0 atom stereocenters. The van der Waals surface area contributed by atoms with Gasteiger partial charge in [-0.2, -0.15) is 5.10 Å². The quantitative estimate of drug-likeness (QED) is 0.821. The molecule has 2 rings (SSSR count). The first-order valence-corrected chi connectivity index (χ1v) is 4.96. The molecule has 1 aromatic carbocycles. The summed E-state index contributed by atoms with van der Waals surface area (Å²) in [4.78, 5) is 2.09. The van der Waals surface area contributed by atoms with Crippen molar-refractivity contribution in [2.75, 3.05) is 20.6 Å². The average Bonchev–Trinajstić information content (AvgIpc) is 2.59. The van der Waals surface area contributed by atoms with E-state index in [0.717, 1.165) is 24.0 Å². The number of aromatic nitrogens is 2. The number of likely N-dealkylation sites (N-methyl/N-ethyl adjacent to an activating group) is 1. The number of benzene rings is 1. The Morgan fingerprint density at radius 2 is 2.20 bits per heavy atom. The van der Waals surface area contributed by atoms with Crippen molar-refractivity contribution in [1.82, 2.24) is 14.7 Å². The van der Waals surface area contributed by atoms with E-state index in [1.807, 2.05) is 30.9 Å². The van der Waals surface area contributed by atoms with E-state index in [2.05, 4.69) is 10.00 Å². The van der Waals surface area contributed by atoms with Crippen LogP contribution in [0.4, 0.5) is 0 Å². The van der Waals surface area contributed by atoms with Gasteiger partial charge in [0, 0.05) is 11.9 Å². The molecule has 0 saturated carbocycles. The summed E-state index contributed by atoms with van der Waals surface area (Å²) >= 11 is 0. The second-order valence-corrected chi connectivity index (χ2v) is 3.89. The van der Waals surface area contributed by atoms with Crippen LogP contribution < -0.4 is 0 Å². The zero-order valence-corrected chi connectivity index (χ0v) is 9.01. The number of hydrogen-bond donors (Lipinski definition) is 1. The molecule has 0 fully saturated rings. The molecule has 0 radical (unpaired) electrons. The molecular weight excluding hydrogens is 190 g/mol. The highest BCUT2D eigenvalue weighted by atomic mass is 16.3. The van der Waals surface area contributed by atoms with Gasteiger partial charge in [0.25, 0.3) is 0 Å². The lowest BCUT2D eigenvalue weighted by Gasteiger charge is -2.10. The third kappa shape index (κ3) is 1.94. The van der Waals surface area contributed by atoms with Gasteiger partial charge in [0.2, 0.25) is 0 Å². The fourth-order valence-corrected chi connectivity index (χ4v) is 1.59. The lowest BCUT2D eigenvalue weighted by Crippen LogP contribution is -2.18. The van der Waals surface area contributed by atoms with Crippen LogP contribution in [0.15, 0.2) is 24.4 Å². The molecule has 0 aliphatic carbocycles. The fraction of sp³-hybridized carbons (Fsp3) is 0.364. The third-order valence-corrected chi connectivity index (χ3v) is 2.40. The van der Waals surface area contributed by atoms with Gasteiger partial charge in [-0.1, -0.05) is 12.1 Å². The van der Waals surface area contributed by atoms with Crippen molar-refractivity contribution in [3.8, 4) is 5.75 Å².